The standard InChI is InChI=1S/C25H21N3/c1-20-14-16-22(17-15-20)24-19-25(28(27-24)23-12-6-3-7-13-23)26-18-8-11-21-9-4-2-5-10-21/h2-19H,1H3/b11-8+,26-18+. The lowest BCUT2D eigenvalue weighted by Crippen LogP contribution is -1.95. The number of benzene rings is 3. The van der Waals surface area contributed by atoms with Crippen molar-refractivity contribution in [3.8, 4) is 16.9 Å². The van der Waals surface area contributed by atoms with E-state index in [2.05, 4.69) is 48.3 Å². The van der Waals surface area contributed by atoms with Crippen molar-refractivity contribution in [3.63, 3.8) is 0 Å². The summed E-state index contributed by atoms with van der Waals surface area (Å²) in [5.74, 6) is 0.791. The van der Waals surface area contributed by atoms with Gasteiger partial charge in [-0.1, -0.05) is 84.4 Å². The van der Waals surface area contributed by atoms with E-state index in [1.165, 1.54) is 5.56 Å². The van der Waals surface area contributed by atoms with Gasteiger partial charge >= 0.3 is 0 Å². The van der Waals surface area contributed by atoms with E-state index in [9.17, 15) is 0 Å². The number of para-hydroxylation sites is 1. The van der Waals surface area contributed by atoms with E-state index in [-0.39, 0.29) is 0 Å². The van der Waals surface area contributed by atoms with Crippen molar-refractivity contribution in [1.82, 2.24) is 9.78 Å². The summed E-state index contributed by atoms with van der Waals surface area (Å²) in [6.07, 6.45) is 5.79. The molecule has 1 aromatic heterocycles. The number of allylic oxidation sites excluding steroid dienone is 1. The molecular formula is C25H21N3. The lowest BCUT2D eigenvalue weighted by molar-refractivity contribution is 0.885. The molecule has 0 atom stereocenters. The Labute approximate surface area is 165 Å². The molecule has 0 saturated carbocycles. The van der Waals surface area contributed by atoms with E-state index < -0.39 is 0 Å². The second-order valence-electron chi connectivity index (χ2n) is 6.55. The highest BCUT2D eigenvalue weighted by molar-refractivity contribution is 5.80. The predicted molar refractivity (Wildman–Crippen MR) is 117 cm³/mol. The molecule has 1 heterocycles. The number of hydrogen-bond donors (Lipinski definition) is 0. The number of aliphatic imine (C=N–C) groups is 1. The summed E-state index contributed by atoms with van der Waals surface area (Å²) in [5, 5.41) is 4.80. The molecule has 0 amide bonds. The number of hydrogen-bond acceptors (Lipinski definition) is 2. The lowest BCUT2D eigenvalue weighted by Gasteiger charge is -2.03. The van der Waals surface area contributed by atoms with Gasteiger partial charge in [-0.2, -0.15) is 5.10 Å². The van der Waals surface area contributed by atoms with E-state index in [1.54, 1.807) is 0 Å². The molecule has 4 rings (SSSR count). The van der Waals surface area contributed by atoms with Crippen LogP contribution in [0.15, 0.2) is 102 Å². The van der Waals surface area contributed by atoms with Crippen LogP contribution in [0, 0.1) is 6.92 Å². The SMILES string of the molecule is Cc1ccc(-c2cc(/N=C/C=C/c3ccccc3)n(-c3ccccc3)n2)cc1. The second-order valence-corrected chi connectivity index (χ2v) is 6.55. The van der Waals surface area contributed by atoms with Gasteiger partial charge in [0.05, 0.1) is 11.4 Å². The van der Waals surface area contributed by atoms with Crippen LogP contribution in [0.2, 0.25) is 0 Å². The van der Waals surface area contributed by atoms with Crippen LogP contribution in [-0.2, 0) is 0 Å². The smallest absolute Gasteiger partial charge is 0.156 e. The molecule has 0 N–H and O–H groups in total. The topological polar surface area (TPSA) is 30.2 Å². The molecule has 0 unspecified atom stereocenters. The zero-order valence-corrected chi connectivity index (χ0v) is 15.7. The summed E-state index contributed by atoms with van der Waals surface area (Å²) in [5.41, 5.74) is 5.35. The first-order valence-corrected chi connectivity index (χ1v) is 9.28. The van der Waals surface area contributed by atoms with E-state index in [1.807, 2.05) is 77.6 Å². The second kappa shape index (κ2) is 8.31. The van der Waals surface area contributed by atoms with Crippen LogP contribution >= 0.6 is 0 Å². The third-order valence-electron chi connectivity index (χ3n) is 4.42. The van der Waals surface area contributed by atoms with Gasteiger partial charge in [0, 0.05) is 17.8 Å². The molecular weight excluding hydrogens is 342 g/mol. The van der Waals surface area contributed by atoms with Crippen LogP contribution < -0.4 is 0 Å². The van der Waals surface area contributed by atoms with Crippen molar-refractivity contribution in [1.29, 1.82) is 0 Å². The van der Waals surface area contributed by atoms with Gasteiger partial charge in [0.15, 0.2) is 5.82 Å². The third-order valence-corrected chi connectivity index (χ3v) is 4.42. The molecule has 0 radical (unpaired) electrons. The minimum absolute atomic E-state index is 0.791. The monoisotopic (exact) mass is 363 g/mol. The number of aromatic nitrogens is 2. The lowest BCUT2D eigenvalue weighted by atomic mass is 10.1. The molecule has 4 aromatic rings. The van der Waals surface area contributed by atoms with Crippen LogP contribution in [-0.4, -0.2) is 16.0 Å². The summed E-state index contributed by atoms with van der Waals surface area (Å²) < 4.78 is 1.88. The minimum atomic E-state index is 0.791. The van der Waals surface area contributed by atoms with Gasteiger partial charge in [0.25, 0.3) is 0 Å². The van der Waals surface area contributed by atoms with E-state index in [0.717, 1.165) is 28.3 Å². The summed E-state index contributed by atoms with van der Waals surface area (Å²) >= 11 is 0. The zero-order valence-electron chi connectivity index (χ0n) is 15.7. The number of rotatable bonds is 5. The Morgan fingerprint density at radius 3 is 2.21 bits per heavy atom. The molecule has 28 heavy (non-hydrogen) atoms. The number of aryl methyl sites for hydroxylation is 1. The van der Waals surface area contributed by atoms with Crippen molar-refractivity contribution in [3.05, 3.63) is 108 Å². The van der Waals surface area contributed by atoms with Crippen molar-refractivity contribution in [2.75, 3.05) is 0 Å². The van der Waals surface area contributed by atoms with E-state index >= 15 is 0 Å². The number of nitrogens with zero attached hydrogens (tertiary/aromatic N) is 3. The molecule has 0 bridgehead atoms. The average molecular weight is 363 g/mol. The Kier molecular flexibility index (Phi) is 5.25. The van der Waals surface area contributed by atoms with Gasteiger partial charge in [-0.3, -0.25) is 0 Å². The van der Waals surface area contributed by atoms with Crippen LogP contribution in [0.1, 0.15) is 11.1 Å². The van der Waals surface area contributed by atoms with Crippen molar-refractivity contribution >= 4 is 18.1 Å². The van der Waals surface area contributed by atoms with Crippen molar-refractivity contribution < 1.29 is 0 Å². The molecule has 3 nitrogen and oxygen atoms in total. The highest BCUT2D eigenvalue weighted by Crippen LogP contribution is 2.26. The quantitative estimate of drug-likeness (QED) is 0.385. The van der Waals surface area contributed by atoms with Gasteiger partial charge in [-0.25, -0.2) is 9.67 Å². The van der Waals surface area contributed by atoms with E-state index in [4.69, 9.17) is 5.10 Å². The fraction of sp³-hybridized carbons (Fsp3) is 0.0400. The Morgan fingerprint density at radius 2 is 1.50 bits per heavy atom. The fourth-order valence-corrected chi connectivity index (χ4v) is 2.93. The Bertz CT molecular complexity index is 1090. The Balaban J connectivity index is 1.67. The van der Waals surface area contributed by atoms with Crippen LogP contribution in [0.5, 0.6) is 0 Å². The van der Waals surface area contributed by atoms with Gasteiger partial charge < -0.3 is 0 Å². The first-order valence-electron chi connectivity index (χ1n) is 9.28. The van der Waals surface area contributed by atoms with Crippen molar-refractivity contribution in [2.24, 2.45) is 4.99 Å². The van der Waals surface area contributed by atoms with Gasteiger partial charge in [0.2, 0.25) is 0 Å². The van der Waals surface area contributed by atoms with E-state index in [0.29, 0.717) is 0 Å². The van der Waals surface area contributed by atoms with Crippen LogP contribution in [0.3, 0.4) is 0 Å². The fourth-order valence-electron chi connectivity index (χ4n) is 2.93. The normalized spacial score (nSPS) is 11.5. The summed E-state index contributed by atoms with van der Waals surface area (Å²) in [6, 6.07) is 30.7. The Hall–Kier alpha value is -3.72. The maximum atomic E-state index is 4.80. The van der Waals surface area contributed by atoms with Gasteiger partial charge in [0.1, 0.15) is 0 Å². The molecule has 0 saturated heterocycles. The first kappa shape index (κ1) is 17.7. The molecule has 0 fully saturated rings. The molecule has 0 aliphatic heterocycles. The highest BCUT2D eigenvalue weighted by atomic mass is 15.3. The van der Waals surface area contributed by atoms with Crippen molar-refractivity contribution in [2.45, 2.75) is 6.92 Å². The van der Waals surface area contributed by atoms with Gasteiger partial charge in [-0.15, -0.1) is 0 Å². The first-order chi connectivity index (χ1) is 13.8. The average Bonchev–Trinajstić information content (AvgIpc) is 3.17. The van der Waals surface area contributed by atoms with Gasteiger partial charge in [-0.05, 0) is 30.7 Å². The summed E-state index contributed by atoms with van der Waals surface area (Å²) in [6.45, 7) is 2.08. The maximum absolute atomic E-state index is 4.80. The molecule has 136 valence electrons. The zero-order chi connectivity index (χ0) is 19.2. The Morgan fingerprint density at radius 1 is 0.821 bits per heavy atom. The summed E-state index contributed by atoms with van der Waals surface area (Å²) in [4.78, 5) is 4.65. The third kappa shape index (κ3) is 4.15. The van der Waals surface area contributed by atoms with Crippen LogP contribution in [0.4, 0.5) is 5.82 Å². The predicted octanol–water partition coefficient (Wildman–Crippen LogP) is 6.26. The maximum Gasteiger partial charge on any atom is 0.156 e. The van der Waals surface area contributed by atoms with Crippen LogP contribution in [0.25, 0.3) is 23.0 Å². The molecule has 3 heteroatoms. The minimum Gasteiger partial charge on any atom is -0.237 e. The molecule has 0 aliphatic rings. The summed E-state index contributed by atoms with van der Waals surface area (Å²) in [7, 11) is 0. The molecule has 0 aliphatic carbocycles. The highest BCUT2D eigenvalue weighted by Gasteiger charge is 2.10. The molecule has 3 aromatic carbocycles. The molecule has 0 spiro atoms. The largest absolute Gasteiger partial charge is 0.237 e.